The maximum absolute atomic E-state index is 12.2. The third-order valence-corrected chi connectivity index (χ3v) is 3.35. The zero-order valence-corrected chi connectivity index (χ0v) is 12.4. The molecular weight excluding hydrogens is 296 g/mol. The van der Waals surface area contributed by atoms with Crippen LogP contribution in [0.1, 0.15) is 16.1 Å². The minimum absolute atomic E-state index is 0.0828. The lowest BCUT2D eigenvalue weighted by Gasteiger charge is -2.06. The van der Waals surface area contributed by atoms with E-state index in [1.807, 2.05) is 18.2 Å². The van der Waals surface area contributed by atoms with E-state index >= 15 is 0 Å². The van der Waals surface area contributed by atoms with E-state index in [1.54, 1.807) is 30.3 Å². The lowest BCUT2D eigenvalue weighted by molar-refractivity contribution is -0.115. The molecule has 1 amide bonds. The molecular formula is C17H14N2O4. The topological polar surface area (TPSA) is 81.4 Å². The van der Waals surface area contributed by atoms with Gasteiger partial charge in [0, 0.05) is 11.1 Å². The van der Waals surface area contributed by atoms with Crippen LogP contribution in [-0.4, -0.2) is 24.1 Å². The molecule has 2 aromatic carbocycles. The van der Waals surface area contributed by atoms with Crippen molar-refractivity contribution in [1.29, 1.82) is 0 Å². The van der Waals surface area contributed by atoms with Gasteiger partial charge in [-0.3, -0.25) is 4.79 Å². The molecule has 1 N–H and O–H groups in total. The molecule has 0 spiro atoms. The number of para-hydroxylation sites is 1. The number of ether oxygens (including phenoxy) is 1. The molecule has 0 saturated carbocycles. The van der Waals surface area contributed by atoms with Crippen LogP contribution in [0.5, 0.6) is 0 Å². The number of nitrogens with one attached hydrogen (secondary N) is 1. The Morgan fingerprint density at radius 3 is 2.83 bits per heavy atom. The number of carbonyl (C=O) groups excluding carboxylic acids is 2. The van der Waals surface area contributed by atoms with Crippen LogP contribution in [0.4, 0.5) is 5.69 Å². The molecule has 0 unspecified atom stereocenters. The van der Waals surface area contributed by atoms with Gasteiger partial charge < -0.3 is 14.6 Å². The molecule has 0 aliphatic carbocycles. The molecule has 0 saturated heterocycles. The summed E-state index contributed by atoms with van der Waals surface area (Å²) in [6.07, 6.45) is 0.0828. The number of anilines is 1. The number of benzene rings is 2. The van der Waals surface area contributed by atoms with Crippen LogP contribution < -0.4 is 5.32 Å². The Balaban J connectivity index is 1.73. The van der Waals surface area contributed by atoms with E-state index in [0.717, 1.165) is 5.39 Å². The third-order valence-electron chi connectivity index (χ3n) is 3.35. The van der Waals surface area contributed by atoms with Gasteiger partial charge in [0.2, 0.25) is 5.91 Å². The van der Waals surface area contributed by atoms with Gasteiger partial charge in [0.25, 0.3) is 0 Å². The Morgan fingerprint density at radius 1 is 1.17 bits per heavy atom. The first-order valence-corrected chi connectivity index (χ1v) is 6.99. The molecule has 0 aliphatic rings. The number of aromatic nitrogens is 1. The monoisotopic (exact) mass is 310 g/mol. The first kappa shape index (κ1) is 14.8. The molecule has 0 fully saturated rings. The number of hydrogen-bond donors (Lipinski definition) is 1. The third kappa shape index (κ3) is 3.21. The van der Waals surface area contributed by atoms with Crippen molar-refractivity contribution in [3.63, 3.8) is 0 Å². The normalized spacial score (nSPS) is 10.5. The fraction of sp³-hybridized carbons (Fsp3) is 0.118. The summed E-state index contributed by atoms with van der Waals surface area (Å²) in [6, 6.07) is 13.9. The van der Waals surface area contributed by atoms with Gasteiger partial charge >= 0.3 is 5.97 Å². The Labute approximate surface area is 132 Å². The molecule has 116 valence electrons. The molecule has 0 radical (unpaired) electrons. The number of rotatable bonds is 4. The predicted molar refractivity (Wildman–Crippen MR) is 84.1 cm³/mol. The highest BCUT2D eigenvalue weighted by molar-refractivity contribution is 5.96. The van der Waals surface area contributed by atoms with Crippen LogP contribution in [0.25, 0.3) is 11.0 Å². The summed E-state index contributed by atoms with van der Waals surface area (Å²) < 4.78 is 9.83. The summed E-state index contributed by atoms with van der Waals surface area (Å²) in [5.74, 6) is -0.699. The molecule has 1 heterocycles. The average Bonchev–Trinajstić information content (AvgIpc) is 2.97. The highest BCUT2D eigenvalue weighted by Crippen LogP contribution is 2.19. The summed E-state index contributed by atoms with van der Waals surface area (Å²) in [5, 5.41) is 7.47. The number of methoxy groups -OCH3 is 1. The summed E-state index contributed by atoms with van der Waals surface area (Å²) >= 11 is 0. The molecule has 0 aliphatic heterocycles. The van der Waals surface area contributed by atoms with Gasteiger partial charge in [0.1, 0.15) is 5.69 Å². The first-order chi connectivity index (χ1) is 11.2. The second-order valence-corrected chi connectivity index (χ2v) is 4.92. The lowest BCUT2D eigenvalue weighted by atomic mass is 10.1. The Morgan fingerprint density at radius 2 is 2.00 bits per heavy atom. The molecule has 23 heavy (non-hydrogen) atoms. The number of hydrogen-bond acceptors (Lipinski definition) is 5. The van der Waals surface area contributed by atoms with Crippen LogP contribution in [0.3, 0.4) is 0 Å². The van der Waals surface area contributed by atoms with Crippen molar-refractivity contribution in [2.75, 3.05) is 12.4 Å². The van der Waals surface area contributed by atoms with Crippen molar-refractivity contribution in [3.05, 3.63) is 59.8 Å². The fourth-order valence-corrected chi connectivity index (χ4v) is 2.26. The van der Waals surface area contributed by atoms with Crippen LogP contribution in [0.15, 0.2) is 53.1 Å². The van der Waals surface area contributed by atoms with E-state index in [0.29, 0.717) is 22.5 Å². The number of esters is 1. The molecule has 0 bridgehead atoms. The molecule has 6 nitrogen and oxygen atoms in total. The smallest absolute Gasteiger partial charge is 0.337 e. The lowest BCUT2D eigenvalue weighted by Crippen LogP contribution is -2.15. The molecule has 1 aromatic heterocycles. The maximum Gasteiger partial charge on any atom is 0.337 e. The van der Waals surface area contributed by atoms with E-state index in [9.17, 15) is 9.59 Å². The number of nitrogens with zero attached hydrogens (tertiary/aromatic N) is 1. The van der Waals surface area contributed by atoms with Gasteiger partial charge in [0.15, 0.2) is 5.58 Å². The predicted octanol–water partition coefficient (Wildman–Crippen LogP) is 2.80. The maximum atomic E-state index is 12.2. The van der Waals surface area contributed by atoms with Gasteiger partial charge in [-0.1, -0.05) is 23.4 Å². The standard InChI is InChI=1S/C17H14N2O4/c1-22-17(21)11-5-4-6-12(9-11)18-16(20)10-14-13-7-2-3-8-15(13)23-19-14/h2-9H,10H2,1H3,(H,18,20). The van der Waals surface area contributed by atoms with Crippen molar-refractivity contribution in [2.24, 2.45) is 0 Å². The van der Waals surface area contributed by atoms with Crippen molar-refractivity contribution in [2.45, 2.75) is 6.42 Å². The van der Waals surface area contributed by atoms with Gasteiger partial charge in [-0.25, -0.2) is 4.79 Å². The summed E-state index contributed by atoms with van der Waals surface area (Å²) in [4.78, 5) is 23.7. The van der Waals surface area contributed by atoms with E-state index in [-0.39, 0.29) is 12.3 Å². The summed E-state index contributed by atoms with van der Waals surface area (Å²) in [7, 11) is 1.31. The van der Waals surface area contributed by atoms with Gasteiger partial charge in [-0.2, -0.15) is 0 Å². The number of carbonyl (C=O) groups is 2. The zero-order chi connectivity index (χ0) is 16.2. The zero-order valence-electron chi connectivity index (χ0n) is 12.4. The minimum Gasteiger partial charge on any atom is -0.465 e. The molecule has 3 rings (SSSR count). The van der Waals surface area contributed by atoms with Crippen LogP contribution >= 0.6 is 0 Å². The Bertz CT molecular complexity index is 870. The van der Waals surface area contributed by atoms with E-state index in [2.05, 4.69) is 15.2 Å². The van der Waals surface area contributed by atoms with E-state index < -0.39 is 5.97 Å². The summed E-state index contributed by atoms with van der Waals surface area (Å²) in [5.41, 5.74) is 2.10. The Hall–Kier alpha value is -3.15. The van der Waals surface area contributed by atoms with E-state index in [1.165, 1.54) is 7.11 Å². The second kappa shape index (κ2) is 6.31. The van der Waals surface area contributed by atoms with E-state index in [4.69, 9.17) is 4.52 Å². The van der Waals surface area contributed by atoms with Crippen molar-refractivity contribution >= 4 is 28.5 Å². The highest BCUT2D eigenvalue weighted by Gasteiger charge is 2.13. The average molecular weight is 310 g/mol. The van der Waals surface area contributed by atoms with Crippen molar-refractivity contribution in [1.82, 2.24) is 5.16 Å². The first-order valence-electron chi connectivity index (χ1n) is 6.99. The van der Waals surface area contributed by atoms with Gasteiger partial charge in [0.05, 0.1) is 19.1 Å². The summed E-state index contributed by atoms with van der Waals surface area (Å²) in [6.45, 7) is 0. The SMILES string of the molecule is COC(=O)c1cccc(NC(=O)Cc2noc3ccccc23)c1. The van der Waals surface area contributed by atoms with Crippen LogP contribution in [-0.2, 0) is 16.0 Å². The minimum atomic E-state index is -0.455. The molecule has 0 atom stereocenters. The van der Waals surface area contributed by atoms with Crippen molar-refractivity contribution in [3.8, 4) is 0 Å². The molecule has 3 aromatic rings. The highest BCUT2D eigenvalue weighted by atomic mass is 16.5. The quantitative estimate of drug-likeness (QED) is 0.749. The van der Waals surface area contributed by atoms with Gasteiger partial charge in [-0.05, 0) is 30.3 Å². The Kier molecular flexibility index (Phi) is 4.05. The van der Waals surface area contributed by atoms with Gasteiger partial charge in [-0.15, -0.1) is 0 Å². The van der Waals surface area contributed by atoms with Crippen LogP contribution in [0, 0.1) is 0 Å². The van der Waals surface area contributed by atoms with Crippen LogP contribution in [0.2, 0.25) is 0 Å². The fourth-order valence-electron chi connectivity index (χ4n) is 2.26. The molecule has 6 heteroatoms. The number of amides is 1. The second-order valence-electron chi connectivity index (χ2n) is 4.92. The van der Waals surface area contributed by atoms with Crippen molar-refractivity contribution < 1.29 is 18.8 Å². The number of fused-ring (bicyclic) bond motifs is 1. The largest absolute Gasteiger partial charge is 0.465 e.